The summed E-state index contributed by atoms with van der Waals surface area (Å²) in [4.78, 5) is 0. The molecule has 3 nitrogen and oxygen atoms in total. The number of hydrogen-bond donors (Lipinski definition) is 1. The first-order valence-electron chi connectivity index (χ1n) is 6.02. The van der Waals surface area contributed by atoms with Crippen molar-refractivity contribution in [2.24, 2.45) is 0 Å². The van der Waals surface area contributed by atoms with E-state index in [9.17, 15) is 4.39 Å². The smallest absolute Gasteiger partial charge is 0.123 e. The maximum Gasteiger partial charge on any atom is 0.123 e. The molecule has 4 heteroatoms. The average molecular weight is 253 g/mol. The summed E-state index contributed by atoms with van der Waals surface area (Å²) in [7, 11) is 0. The summed E-state index contributed by atoms with van der Waals surface area (Å²) in [6, 6.07) is 14.3. The van der Waals surface area contributed by atoms with Gasteiger partial charge >= 0.3 is 0 Å². The highest BCUT2D eigenvalue weighted by molar-refractivity contribution is 5.90. The molecule has 0 saturated carbocycles. The Morgan fingerprint density at radius 2 is 1.79 bits per heavy atom. The quantitative estimate of drug-likeness (QED) is 0.777. The van der Waals surface area contributed by atoms with Gasteiger partial charge < -0.3 is 5.32 Å². The van der Waals surface area contributed by atoms with Gasteiger partial charge in [0.05, 0.1) is 17.4 Å². The predicted octanol–water partition coefficient (Wildman–Crippen LogP) is 3.38. The Hall–Kier alpha value is -2.49. The standard InChI is InChI=1S/C15H12FN3/c16-12-7-5-11(6-8-12)9-17-15-10-18-19-14-4-2-1-3-13(14)15/h1-8,10H,9H2,(H,17,19). The van der Waals surface area contributed by atoms with Gasteiger partial charge in [0.15, 0.2) is 0 Å². The fraction of sp³-hybridized carbons (Fsp3) is 0.0667. The molecule has 2 aromatic carbocycles. The molecular weight excluding hydrogens is 241 g/mol. The summed E-state index contributed by atoms with van der Waals surface area (Å²) in [6.07, 6.45) is 1.70. The number of halogens is 1. The topological polar surface area (TPSA) is 37.8 Å². The summed E-state index contributed by atoms with van der Waals surface area (Å²) in [6.45, 7) is 0.621. The van der Waals surface area contributed by atoms with E-state index < -0.39 is 0 Å². The third kappa shape index (κ3) is 2.52. The normalized spacial score (nSPS) is 10.6. The van der Waals surface area contributed by atoms with Gasteiger partial charge in [-0.15, -0.1) is 0 Å². The zero-order chi connectivity index (χ0) is 13.1. The number of aromatic nitrogens is 2. The minimum atomic E-state index is -0.222. The zero-order valence-electron chi connectivity index (χ0n) is 10.2. The maximum absolute atomic E-state index is 12.8. The van der Waals surface area contributed by atoms with Crippen LogP contribution in [0.4, 0.5) is 10.1 Å². The molecule has 3 aromatic rings. The van der Waals surface area contributed by atoms with Crippen LogP contribution in [-0.2, 0) is 6.54 Å². The Morgan fingerprint density at radius 1 is 1.00 bits per heavy atom. The average Bonchev–Trinajstić information content (AvgIpc) is 2.47. The van der Waals surface area contributed by atoms with E-state index in [2.05, 4.69) is 15.5 Å². The van der Waals surface area contributed by atoms with Crippen LogP contribution in [0, 0.1) is 5.82 Å². The minimum Gasteiger partial charge on any atom is -0.379 e. The summed E-state index contributed by atoms with van der Waals surface area (Å²) in [5.41, 5.74) is 2.80. The van der Waals surface area contributed by atoms with Gasteiger partial charge in [-0.05, 0) is 23.8 Å². The van der Waals surface area contributed by atoms with Gasteiger partial charge in [-0.3, -0.25) is 0 Å². The first kappa shape index (κ1) is 11.6. The van der Waals surface area contributed by atoms with Crippen LogP contribution < -0.4 is 5.32 Å². The summed E-state index contributed by atoms with van der Waals surface area (Å²) in [5.74, 6) is -0.222. The Balaban J connectivity index is 1.84. The van der Waals surface area contributed by atoms with Crippen LogP contribution in [0.15, 0.2) is 54.7 Å². The van der Waals surface area contributed by atoms with E-state index in [0.29, 0.717) is 6.54 Å². The van der Waals surface area contributed by atoms with Crippen molar-refractivity contribution >= 4 is 16.6 Å². The molecule has 0 radical (unpaired) electrons. The van der Waals surface area contributed by atoms with Gasteiger partial charge in [-0.2, -0.15) is 10.2 Å². The molecule has 94 valence electrons. The highest BCUT2D eigenvalue weighted by Gasteiger charge is 2.02. The van der Waals surface area contributed by atoms with Gasteiger partial charge in [0.1, 0.15) is 5.82 Å². The summed E-state index contributed by atoms with van der Waals surface area (Å²) < 4.78 is 12.8. The molecule has 19 heavy (non-hydrogen) atoms. The molecule has 0 fully saturated rings. The SMILES string of the molecule is Fc1ccc(CNc2cnnc3ccccc23)cc1. The van der Waals surface area contributed by atoms with Gasteiger partial charge in [0, 0.05) is 11.9 Å². The number of nitrogens with one attached hydrogen (secondary N) is 1. The third-order valence-electron chi connectivity index (χ3n) is 2.94. The summed E-state index contributed by atoms with van der Waals surface area (Å²) >= 11 is 0. The number of nitrogens with zero attached hydrogens (tertiary/aromatic N) is 2. The third-order valence-corrected chi connectivity index (χ3v) is 2.94. The number of benzene rings is 2. The molecule has 0 aliphatic rings. The molecule has 3 rings (SSSR count). The minimum absolute atomic E-state index is 0.222. The fourth-order valence-corrected chi connectivity index (χ4v) is 1.95. The Labute approximate surface area is 110 Å². The van der Waals surface area contributed by atoms with Crippen molar-refractivity contribution in [1.29, 1.82) is 0 Å². The molecule has 0 atom stereocenters. The van der Waals surface area contributed by atoms with Crippen LogP contribution in [0.2, 0.25) is 0 Å². The lowest BCUT2D eigenvalue weighted by Gasteiger charge is -2.08. The fourth-order valence-electron chi connectivity index (χ4n) is 1.95. The Morgan fingerprint density at radius 3 is 2.63 bits per heavy atom. The predicted molar refractivity (Wildman–Crippen MR) is 73.3 cm³/mol. The van der Waals surface area contributed by atoms with Gasteiger partial charge in [-0.25, -0.2) is 4.39 Å². The second-order valence-electron chi connectivity index (χ2n) is 4.26. The van der Waals surface area contributed by atoms with Gasteiger partial charge in [0.2, 0.25) is 0 Å². The van der Waals surface area contributed by atoms with E-state index in [4.69, 9.17) is 0 Å². The highest BCUT2D eigenvalue weighted by atomic mass is 19.1. The molecule has 1 aromatic heterocycles. The molecule has 0 spiro atoms. The molecule has 0 amide bonds. The Kier molecular flexibility index (Phi) is 3.06. The van der Waals surface area contributed by atoms with E-state index in [1.165, 1.54) is 12.1 Å². The number of fused-ring (bicyclic) bond motifs is 1. The van der Waals surface area contributed by atoms with Crippen molar-refractivity contribution in [3.8, 4) is 0 Å². The highest BCUT2D eigenvalue weighted by Crippen LogP contribution is 2.20. The molecule has 0 aliphatic carbocycles. The van der Waals surface area contributed by atoms with Crippen LogP contribution >= 0.6 is 0 Å². The van der Waals surface area contributed by atoms with E-state index in [0.717, 1.165) is 22.2 Å². The molecule has 0 saturated heterocycles. The monoisotopic (exact) mass is 253 g/mol. The van der Waals surface area contributed by atoms with Crippen LogP contribution in [-0.4, -0.2) is 10.2 Å². The zero-order valence-corrected chi connectivity index (χ0v) is 10.2. The first-order chi connectivity index (χ1) is 9.33. The molecule has 0 aliphatic heterocycles. The number of hydrogen-bond acceptors (Lipinski definition) is 3. The second-order valence-corrected chi connectivity index (χ2v) is 4.26. The summed E-state index contributed by atoms with van der Waals surface area (Å²) in [5, 5.41) is 12.4. The van der Waals surface area contributed by atoms with Crippen LogP contribution in [0.3, 0.4) is 0 Å². The van der Waals surface area contributed by atoms with Crippen molar-refractivity contribution in [1.82, 2.24) is 10.2 Å². The van der Waals surface area contributed by atoms with E-state index in [-0.39, 0.29) is 5.82 Å². The van der Waals surface area contributed by atoms with Crippen molar-refractivity contribution in [2.75, 3.05) is 5.32 Å². The first-order valence-corrected chi connectivity index (χ1v) is 6.02. The van der Waals surface area contributed by atoms with E-state index in [1.807, 2.05) is 24.3 Å². The lowest BCUT2D eigenvalue weighted by atomic mass is 10.2. The van der Waals surface area contributed by atoms with Crippen molar-refractivity contribution in [3.05, 3.63) is 66.1 Å². The Bertz CT molecular complexity index is 690. The second kappa shape index (κ2) is 5.02. The maximum atomic E-state index is 12.8. The molecule has 0 bridgehead atoms. The van der Waals surface area contributed by atoms with Crippen molar-refractivity contribution in [2.45, 2.75) is 6.54 Å². The molecule has 1 N–H and O–H groups in total. The molecule has 0 unspecified atom stereocenters. The van der Waals surface area contributed by atoms with Crippen LogP contribution in [0.25, 0.3) is 10.9 Å². The molecular formula is C15H12FN3. The molecule has 1 heterocycles. The van der Waals surface area contributed by atoms with Crippen LogP contribution in [0.1, 0.15) is 5.56 Å². The van der Waals surface area contributed by atoms with Crippen molar-refractivity contribution in [3.63, 3.8) is 0 Å². The van der Waals surface area contributed by atoms with E-state index >= 15 is 0 Å². The number of anilines is 1. The lowest BCUT2D eigenvalue weighted by molar-refractivity contribution is 0.627. The van der Waals surface area contributed by atoms with E-state index in [1.54, 1.807) is 18.3 Å². The van der Waals surface area contributed by atoms with Crippen molar-refractivity contribution < 1.29 is 4.39 Å². The largest absolute Gasteiger partial charge is 0.379 e. The van der Waals surface area contributed by atoms with Gasteiger partial charge in [-0.1, -0.05) is 30.3 Å². The number of rotatable bonds is 3. The lowest BCUT2D eigenvalue weighted by Crippen LogP contribution is -2.01. The van der Waals surface area contributed by atoms with Crippen LogP contribution in [0.5, 0.6) is 0 Å². The van der Waals surface area contributed by atoms with Gasteiger partial charge in [0.25, 0.3) is 0 Å².